The molecule has 1 aromatic carbocycles. The van der Waals surface area contributed by atoms with E-state index in [1.54, 1.807) is 18.5 Å². The van der Waals surface area contributed by atoms with E-state index in [4.69, 9.17) is 4.74 Å². The van der Waals surface area contributed by atoms with E-state index < -0.39 is 5.97 Å². The van der Waals surface area contributed by atoms with Crippen LogP contribution in [0.1, 0.15) is 28.5 Å². The van der Waals surface area contributed by atoms with Gasteiger partial charge < -0.3 is 10.1 Å². The number of carbonyl (C=O) groups excluding carboxylic acids is 1. The van der Waals surface area contributed by atoms with Gasteiger partial charge in [-0.2, -0.15) is 0 Å². The van der Waals surface area contributed by atoms with Crippen LogP contribution in [-0.2, 0) is 11.2 Å². The number of hydrogen-bond acceptors (Lipinski definition) is 5. The summed E-state index contributed by atoms with van der Waals surface area (Å²) in [5.41, 5.74) is 3.92. The van der Waals surface area contributed by atoms with Crippen LogP contribution in [-0.4, -0.2) is 24.1 Å². The Balaban J connectivity index is 1.95. The van der Waals surface area contributed by atoms with Gasteiger partial charge in [0, 0.05) is 6.54 Å². The quantitative estimate of drug-likeness (QED) is 0.831. The fourth-order valence-electron chi connectivity index (χ4n) is 1.97. The number of aromatic nitrogens is 1. The van der Waals surface area contributed by atoms with E-state index in [9.17, 15) is 9.18 Å². The number of thiazole rings is 1. The molecule has 2 aromatic rings. The second kappa shape index (κ2) is 7.17. The number of benzene rings is 1. The van der Waals surface area contributed by atoms with Crippen LogP contribution in [0, 0.1) is 12.7 Å². The SMILES string of the molecule is CCOC(=O)c1ncsc1NCCc1ccc(F)cc1C. The summed E-state index contributed by atoms with van der Waals surface area (Å²) in [5.74, 6) is -0.643. The summed E-state index contributed by atoms with van der Waals surface area (Å²) in [5, 5.41) is 3.89. The number of rotatable bonds is 6. The smallest absolute Gasteiger partial charge is 0.360 e. The Bertz CT molecular complexity index is 628. The maximum Gasteiger partial charge on any atom is 0.360 e. The van der Waals surface area contributed by atoms with Gasteiger partial charge in [0.1, 0.15) is 10.8 Å². The lowest BCUT2D eigenvalue weighted by Gasteiger charge is -2.08. The van der Waals surface area contributed by atoms with Gasteiger partial charge in [-0.05, 0) is 43.5 Å². The molecular formula is C15H17FN2O2S. The van der Waals surface area contributed by atoms with Gasteiger partial charge in [0.25, 0.3) is 0 Å². The lowest BCUT2D eigenvalue weighted by molar-refractivity contribution is 0.0521. The van der Waals surface area contributed by atoms with E-state index >= 15 is 0 Å². The number of halogens is 1. The molecule has 4 nitrogen and oxygen atoms in total. The van der Waals surface area contributed by atoms with E-state index in [0.29, 0.717) is 23.8 Å². The molecule has 0 bridgehead atoms. The van der Waals surface area contributed by atoms with Crippen molar-refractivity contribution in [2.24, 2.45) is 0 Å². The molecule has 0 atom stereocenters. The Morgan fingerprint density at radius 1 is 1.48 bits per heavy atom. The van der Waals surface area contributed by atoms with E-state index in [2.05, 4.69) is 10.3 Å². The van der Waals surface area contributed by atoms with Gasteiger partial charge in [-0.3, -0.25) is 0 Å². The minimum atomic E-state index is -0.417. The molecule has 0 fully saturated rings. The van der Waals surface area contributed by atoms with Gasteiger partial charge in [-0.25, -0.2) is 14.2 Å². The van der Waals surface area contributed by atoms with Crippen molar-refractivity contribution in [3.63, 3.8) is 0 Å². The number of anilines is 1. The highest BCUT2D eigenvalue weighted by Crippen LogP contribution is 2.21. The van der Waals surface area contributed by atoms with Crippen LogP contribution in [0.3, 0.4) is 0 Å². The minimum absolute atomic E-state index is 0.226. The van der Waals surface area contributed by atoms with Crippen molar-refractivity contribution in [2.45, 2.75) is 20.3 Å². The number of carbonyl (C=O) groups is 1. The summed E-state index contributed by atoms with van der Waals surface area (Å²) in [6.07, 6.45) is 0.742. The van der Waals surface area contributed by atoms with Crippen LogP contribution < -0.4 is 5.32 Å². The van der Waals surface area contributed by atoms with Gasteiger partial charge in [0.2, 0.25) is 0 Å². The van der Waals surface area contributed by atoms with E-state index in [0.717, 1.165) is 17.5 Å². The molecule has 112 valence electrons. The molecular weight excluding hydrogens is 291 g/mol. The highest BCUT2D eigenvalue weighted by molar-refractivity contribution is 7.14. The van der Waals surface area contributed by atoms with Crippen LogP contribution in [0.25, 0.3) is 0 Å². The summed E-state index contributed by atoms with van der Waals surface area (Å²) < 4.78 is 18.0. The zero-order chi connectivity index (χ0) is 15.2. The zero-order valence-electron chi connectivity index (χ0n) is 12.0. The first kappa shape index (κ1) is 15.4. The summed E-state index contributed by atoms with van der Waals surface area (Å²) in [6.45, 7) is 4.61. The van der Waals surface area contributed by atoms with Crippen molar-refractivity contribution in [3.05, 3.63) is 46.3 Å². The molecule has 0 spiro atoms. The van der Waals surface area contributed by atoms with Crippen LogP contribution in [0.15, 0.2) is 23.7 Å². The maximum atomic E-state index is 13.0. The van der Waals surface area contributed by atoms with E-state index in [1.165, 1.54) is 23.5 Å². The molecule has 0 aliphatic heterocycles. The van der Waals surface area contributed by atoms with Crippen molar-refractivity contribution < 1.29 is 13.9 Å². The van der Waals surface area contributed by atoms with Crippen LogP contribution in [0.5, 0.6) is 0 Å². The number of nitrogens with one attached hydrogen (secondary N) is 1. The number of hydrogen-bond donors (Lipinski definition) is 1. The molecule has 2 rings (SSSR count). The van der Waals surface area contributed by atoms with Crippen LogP contribution in [0.2, 0.25) is 0 Å². The molecule has 0 unspecified atom stereocenters. The molecule has 0 saturated carbocycles. The molecule has 21 heavy (non-hydrogen) atoms. The third-order valence-electron chi connectivity index (χ3n) is 3.02. The Labute approximate surface area is 127 Å². The second-order valence-electron chi connectivity index (χ2n) is 4.50. The lowest BCUT2D eigenvalue weighted by Crippen LogP contribution is -2.11. The van der Waals surface area contributed by atoms with Gasteiger partial charge in [0.05, 0.1) is 12.1 Å². The van der Waals surface area contributed by atoms with E-state index in [-0.39, 0.29) is 5.82 Å². The summed E-state index contributed by atoms with van der Waals surface area (Å²) >= 11 is 1.36. The Hall–Kier alpha value is -1.95. The summed E-state index contributed by atoms with van der Waals surface area (Å²) in [7, 11) is 0. The lowest BCUT2D eigenvalue weighted by atomic mass is 10.1. The average molecular weight is 308 g/mol. The van der Waals surface area contributed by atoms with Crippen molar-refractivity contribution in [3.8, 4) is 0 Å². The molecule has 0 aliphatic carbocycles. The van der Waals surface area contributed by atoms with E-state index in [1.807, 2.05) is 6.92 Å². The van der Waals surface area contributed by atoms with Crippen molar-refractivity contribution in [2.75, 3.05) is 18.5 Å². The standard InChI is InChI=1S/C15H17FN2O2S/c1-3-20-15(19)13-14(21-9-18-13)17-7-6-11-4-5-12(16)8-10(11)2/h4-5,8-9,17H,3,6-7H2,1-2H3. The zero-order valence-corrected chi connectivity index (χ0v) is 12.8. The Kier molecular flexibility index (Phi) is 5.27. The number of ether oxygens (including phenoxy) is 1. The predicted molar refractivity (Wildman–Crippen MR) is 81.4 cm³/mol. The third kappa shape index (κ3) is 4.01. The number of aryl methyl sites for hydroxylation is 1. The predicted octanol–water partition coefficient (Wildman–Crippen LogP) is 3.42. The molecule has 0 amide bonds. The molecule has 1 heterocycles. The topological polar surface area (TPSA) is 51.2 Å². The third-order valence-corrected chi connectivity index (χ3v) is 3.80. The molecule has 6 heteroatoms. The first-order chi connectivity index (χ1) is 10.1. The summed E-state index contributed by atoms with van der Waals surface area (Å²) in [4.78, 5) is 15.7. The Morgan fingerprint density at radius 3 is 3.00 bits per heavy atom. The molecule has 0 radical (unpaired) electrons. The van der Waals surface area contributed by atoms with Gasteiger partial charge in [-0.15, -0.1) is 11.3 Å². The van der Waals surface area contributed by atoms with Gasteiger partial charge in [0.15, 0.2) is 5.69 Å². The highest BCUT2D eigenvalue weighted by atomic mass is 32.1. The second-order valence-corrected chi connectivity index (χ2v) is 5.35. The van der Waals surface area contributed by atoms with Crippen LogP contribution >= 0.6 is 11.3 Å². The minimum Gasteiger partial charge on any atom is -0.461 e. The largest absolute Gasteiger partial charge is 0.461 e. The number of nitrogens with zero attached hydrogens (tertiary/aromatic N) is 1. The van der Waals surface area contributed by atoms with Gasteiger partial charge >= 0.3 is 5.97 Å². The van der Waals surface area contributed by atoms with Crippen molar-refractivity contribution in [1.29, 1.82) is 0 Å². The molecule has 1 aromatic heterocycles. The number of esters is 1. The fourth-order valence-corrected chi connectivity index (χ4v) is 2.66. The Morgan fingerprint density at radius 2 is 2.29 bits per heavy atom. The average Bonchev–Trinajstić information content (AvgIpc) is 2.90. The van der Waals surface area contributed by atoms with Crippen LogP contribution in [0.4, 0.5) is 9.39 Å². The highest BCUT2D eigenvalue weighted by Gasteiger charge is 2.15. The molecule has 1 N–H and O–H groups in total. The summed E-state index contributed by atoms with van der Waals surface area (Å²) in [6, 6.07) is 4.76. The van der Waals surface area contributed by atoms with Crippen molar-refractivity contribution >= 4 is 22.3 Å². The fraction of sp³-hybridized carbons (Fsp3) is 0.333. The van der Waals surface area contributed by atoms with Gasteiger partial charge in [-0.1, -0.05) is 6.07 Å². The molecule has 0 aliphatic rings. The monoisotopic (exact) mass is 308 g/mol. The first-order valence-electron chi connectivity index (χ1n) is 6.71. The van der Waals surface area contributed by atoms with Crippen molar-refractivity contribution in [1.82, 2.24) is 4.98 Å². The maximum absolute atomic E-state index is 13.0. The normalized spacial score (nSPS) is 10.4. The first-order valence-corrected chi connectivity index (χ1v) is 7.59. The molecule has 0 saturated heterocycles.